The Bertz CT molecular complexity index is 745. The van der Waals surface area contributed by atoms with Crippen molar-refractivity contribution in [3.05, 3.63) is 33.3 Å². The molecule has 148 valence electrons. The predicted octanol–water partition coefficient (Wildman–Crippen LogP) is 3.04. The van der Waals surface area contributed by atoms with E-state index in [9.17, 15) is 0 Å². The van der Waals surface area contributed by atoms with E-state index in [4.69, 9.17) is 14.2 Å². The van der Waals surface area contributed by atoms with Gasteiger partial charge < -0.3 is 24.8 Å². The highest BCUT2D eigenvalue weighted by molar-refractivity contribution is 7.11. The number of aryl methyl sites for hydroxylation is 2. The number of methoxy groups -OCH3 is 2. The first-order valence-electron chi connectivity index (χ1n) is 8.77. The monoisotopic (exact) mass is 392 g/mol. The Morgan fingerprint density at radius 3 is 2.22 bits per heavy atom. The number of benzene rings is 1. The van der Waals surface area contributed by atoms with Gasteiger partial charge in [-0.2, -0.15) is 0 Å². The van der Waals surface area contributed by atoms with E-state index < -0.39 is 0 Å². The summed E-state index contributed by atoms with van der Waals surface area (Å²) < 4.78 is 16.5. The molecule has 0 aliphatic heterocycles. The van der Waals surface area contributed by atoms with Crippen LogP contribution in [0.15, 0.2) is 17.1 Å². The fourth-order valence-electron chi connectivity index (χ4n) is 2.50. The molecule has 8 heteroatoms. The number of nitrogens with zero attached hydrogens (tertiary/aromatic N) is 2. The Balaban J connectivity index is 2.02. The van der Waals surface area contributed by atoms with E-state index >= 15 is 0 Å². The van der Waals surface area contributed by atoms with Crippen LogP contribution in [-0.2, 0) is 13.1 Å². The van der Waals surface area contributed by atoms with Gasteiger partial charge in [0.05, 0.1) is 33.1 Å². The van der Waals surface area contributed by atoms with Crippen molar-refractivity contribution in [1.82, 2.24) is 15.6 Å². The van der Waals surface area contributed by atoms with Gasteiger partial charge in [0.25, 0.3) is 0 Å². The van der Waals surface area contributed by atoms with Crippen molar-refractivity contribution >= 4 is 17.3 Å². The maximum atomic E-state index is 5.64. The van der Waals surface area contributed by atoms with E-state index in [-0.39, 0.29) is 0 Å². The minimum Gasteiger partial charge on any atom is -0.493 e. The molecule has 0 aliphatic rings. The third-order valence-electron chi connectivity index (χ3n) is 3.97. The summed E-state index contributed by atoms with van der Waals surface area (Å²) in [4.78, 5) is 10.0. The van der Waals surface area contributed by atoms with Crippen molar-refractivity contribution in [1.29, 1.82) is 0 Å². The number of guanidine groups is 1. The Morgan fingerprint density at radius 1 is 1.11 bits per heavy atom. The molecule has 0 spiro atoms. The molecule has 0 saturated carbocycles. The van der Waals surface area contributed by atoms with E-state index in [0.717, 1.165) is 16.3 Å². The van der Waals surface area contributed by atoms with Crippen molar-refractivity contribution < 1.29 is 14.2 Å². The predicted molar refractivity (Wildman–Crippen MR) is 109 cm³/mol. The number of ether oxygens (including phenoxy) is 3. The van der Waals surface area contributed by atoms with Crippen molar-refractivity contribution in [3.8, 4) is 17.2 Å². The van der Waals surface area contributed by atoms with Gasteiger partial charge in [0.1, 0.15) is 5.01 Å². The summed E-state index contributed by atoms with van der Waals surface area (Å²) in [5.74, 6) is 2.60. The number of aliphatic imine (C=N–C) groups is 1. The number of nitrogens with one attached hydrogen (secondary N) is 2. The molecule has 2 N–H and O–H groups in total. The van der Waals surface area contributed by atoms with E-state index in [1.54, 1.807) is 32.6 Å². The Labute approximate surface area is 164 Å². The highest BCUT2D eigenvalue weighted by atomic mass is 32.1. The number of hydrogen-bond acceptors (Lipinski definition) is 6. The smallest absolute Gasteiger partial charge is 0.203 e. The average molecular weight is 393 g/mol. The minimum atomic E-state index is 0.538. The van der Waals surface area contributed by atoms with Gasteiger partial charge in [-0.1, -0.05) is 0 Å². The van der Waals surface area contributed by atoms with Crippen LogP contribution in [0, 0.1) is 13.8 Å². The van der Waals surface area contributed by atoms with Crippen LogP contribution in [-0.4, -0.2) is 38.8 Å². The third kappa shape index (κ3) is 5.50. The Kier molecular flexibility index (Phi) is 7.72. The van der Waals surface area contributed by atoms with Crippen LogP contribution >= 0.6 is 11.3 Å². The molecular weight excluding hydrogens is 364 g/mol. The SMILES string of the molecule is CCOc1c(OC)cc(CNC(=NC)NCc2nc(C)c(C)s2)cc1OC. The maximum Gasteiger partial charge on any atom is 0.203 e. The number of thiazole rings is 1. The van der Waals surface area contributed by atoms with Gasteiger partial charge in [0.15, 0.2) is 17.5 Å². The molecular formula is C19H28N4O3S. The van der Waals surface area contributed by atoms with Gasteiger partial charge in [-0.15, -0.1) is 11.3 Å². The second-order valence-corrected chi connectivity index (χ2v) is 7.08. The van der Waals surface area contributed by atoms with Gasteiger partial charge in [-0.3, -0.25) is 4.99 Å². The van der Waals surface area contributed by atoms with Crippen molar-refractivity contribution in [2.75, 3.05) is 27.9 Å². The first kappa shape index (κ1) is 20.8. The van der Waals surface area contributed by atoms with Crippen LogP contribution < -0.4 is 24.8 Å². The molecule has 0 bridgehead atoms. The van der Waals surface area contributed by atoms with Gasteiger partial charge in [0, 0.05) is 18.5 Å². The quantitative estimate of drug-likeness (QED) is 0.531. The standard InChI is InChI=1S/C19H28N4O3S/c1-7-26-18-15(24-5)8-14(9-16(18)25-6)10-21-19(20-4)22-11-17-23-12(2)13(3)27-17/h8-9H,7,10-11H2,1-6H3,(H2,20,21,22). The summed E-state index contributed by atoms with van der Waals surface area (Å²) in [6.07, 6.45) is 0. The van der Waals surface area contributed by atoms with E-state index in [0.29, 0.717) is 42.9 Å². The maximum absolute atomic E-state index is 5.64. The third-order valence-corrected chi connectivity index (χ3v) is 5.05. The molecule has 0 fully saturated rings. The molecule has 1 aromatic heterocycles. The molecule has 7 nitrogen and oxygen atoms in total. The molecule has 27 heavy (non-hydrogen) atoms. The second kappa shape index (κ2) is 10.0. The molecule has 0 amide bonds. The molecule has 2 aromatic rings. The summed E-state index contributed by atoms with van der Waals surface area (Å²) in [6, 6.07) is 3.86. The van der Waals surface area contributed by atoms with Gasteiger partial charge in [0.2, 0.25) is 5.75 Å². The largest absolute Gasteiger partial charge is 0.493 e. The fraction of sp³-hybridized carbons (Fsp3) is 0.474. The summed E-state index contributed by atoms with van der Waals surface area (Å²) in [5, 5.41) is 7.62. The van der Waals surface area contributed by atoms with Crippen LogP contribution in [0.1, 0.15) is 28.1 Å². The minimum absolute atomic E-state index is 0.538. The zero-order valence-electron chi connectivity index (χ0n) is 16.8. The Hall–Kier alpha value is -2.48. The summed E-state index contributed by atoms with van der Waals surface area (Å²) >= 11 is 1.69. The number of rotatable bonds is 8. The average Bonchev–Trinajstić information content (AvgIpc) is 3.00. The lowest BCUT2D eigenvalue weighted by atomic mass is 10.2. The lowest BCUT2D eigenvalue weighted by Gasteiger charge is -2.16. The molecule has 0 atom stereocenters. The Morgan fingerprint density at radius 2 is 1.74 bits per heavy atom. The van der Waals surface area contributed by atoms with E-state index in [1.807, 2.05) is 26.0 Å². The molecule has 1 heterocycles. The topological polar surface area (TPSA) is 77.0 Å². The van der Waals surface area contributed by atoms with Crippen LogP contribution in [0.2, 0.25) is 0 Å². The number of hydrogen-bond donors (Lipinski definition) is 2. The molecule has 0 saturated heterocycles. The molecule has 1 aromatic carbocycles. The normalized spacial score (nSPS) is 11.3. The number of aromatic nitrogens is 1. The lowest BCUT2D eigenvalue weighted by molar-refractivity contribution is 0.288. The van der Waals surface area contributed by atoms with Gasteiger partial charge >= 0.3 is 0 Å². The first-order chi connectivity index (χ1) is 13.0. The summed E-state index contributed by atoms with van der Waals surface area (Å²) in [6.45, 7) is 7.76. The fourth-order valence-corrected chi connectivity index (χ4v) is 3.38. The van der Waals surface area contributed by atoms with Crippen molar-refractivity contribution in [3.63, 3.8) is 0 Å². The molecule has 2 rings (SSSR count). The zero-order chi connectivity index (χ0) is 19.8. The summed E-state index contributed by atoms with van der Waals surface area (Å²) in [7, 11) is 4.98. The molecule has 0 unspecified atom stereocenters. The molecule has 0 aliphatic carbocycles. The van der Waals surface area contributed by atoms with Crippen LogP contribution in [0.5, 0.6) is 17.2 Å². The van der Waals surface area contributed by atoms with E-state index in [1.165, 1.54) is 4.88 Å². The molecule has 0 radical (unpaired) electrons. The lowest BCUT2D eigenvalue weighted by Crippen LogP contribution is -2.36. The highest BCUT2D eigenvalue weighted by Gasteiger charge is 2.14. The summed E-state index contributed by atoms with van der Waals surface area (Å²) in [5.41, 5.74) is 2.07. The second-order valence-electron chi connectivity index (χ2n) is 5.79. The van der Waals surface area contributed by atoms with Gasteiger partial charge in [-0.25, -0.2) is 4.98 Å². The first-order valence-corrected chi connectivity index (χ1v) is 9.59. The van der Waals surface area contributed by atoms with Crippen LogP contribution in [0.25, 0.3) is 0 Å². The van der Waals surface area contributed by atoms with Crippen molar-refractivity contribution in [2.24, 2.45) is 4.99 Å². The zero-order valence-corrected chi connectivity index (χ0v) is 17.6. The van der Waals surface area contributed by atoms with Crippen LogP contribution in [0.3, 0.4) is 0 Å². The van der Waals surface area contributed by atoms with Crippen molar-refractivity contribution in [2.45, 2.75) is 33.9 Å². The highest BCUT2D eigenvalue weighted by Crippen LogP contribution is 2.38. The van der Waals surface area contributed by atoms with Crippen LogP contribution in [0.4, 0.5) is 0 Å². The van der Waals surface area contributed by atoms with E-state index in [2.05, 4.69) is 27.5 Å². The van der Waals surface area contributed by atoms with Gasteiger partial charge in [-0.05, 0) is 38.5 Å².